The van der Waals surface area contributed by atoms with Crippen molar-refractivity contribution < 1.29 is 0 Å². The Hall–Kier alpha value is -1.37. The van der Waals surface area contributed by atoms with Gasteiger partial charge in [-0.2, -0.15) is 0 Å². The molecule has 2 fully saturated rings. The first-order valence-electron chi connectivity index (χ1n) is 7.09. The lowest BCUT2D eigenvalue weighted by atomic mass is 9.47. The Morgan fingerprint density at radius 3 is 2.61 bits per heavy atom. The third-order valence-corrected chi connectivity index (χ3v) is 5.04. The van der Waals surface area contributed by atoms with Gasteiger partial charge in [0.2, 0.25) is 0 Å². The summed E-state index contributed by atoms with van der Waals surface area (Å²) in [5.41, 5.74) is 3.41. The van der Waals surface area contributed by atoms with Crippen LogP contribution in [0.3, 0.4) is 0 Å². The number of para-hydroxylation sites is 1. The molecule has 0 amide bonds. The quantitative estimate of drug-likeness (QED) is 0.710. The number of hydrogen-bond acceptors (Lipinski definition) is 1. The molecular formula is C17H19N. The molecule has 2 saturated carbocycles. The van der Waals surface area contributed by atoms with E-state index in [1.165, 1.54) is 36.6 Å². The fourth-order valence-corrected chi connectivity index (χ4v) is 4.43. The first-order chi connectivity index (χ1) is 8.76. The molecule has 18 heavy (non-hydrogen) atoms. The van der Waals surface area contributed by atoms with Crippen LogP contribution in [0.1, 0.15) is 44.1 Å². The SMILES string of the molecule is CC1CC2(C1)CC(c1ccnc3ccccc13)C2. The maximum Gasteiger partial charge on any atom is 0.0704 e. The zero-order valence-corrected chi connectivity index (χ0v) is 10.9. The predicted molar refractivity (Wildman–Crippen MR) is 74.5 cm³/mol. The molecule has 1 nitrogen and oxygen atoms in total. The second-order valence-corrected chi connectivity index (χ2v) is 6.54. The van der Waals surface area contributed by atoms with Crippen LogP contribution in [0.25, 0.3) is 10.9 Å². The number of fused-ring (bicyclic) bond motifs is 1. The predicted octanol–water partition coefficient (Wildman–Crippen LogP) is 4.53. The van der Waals surface area contributed by atoms with E-state index in [0.717, 1.165) is 22.8 Å². The molecule has 2 aromatic rings. The largest absolute Gasteiger partial charge is 0.256 e. The van der Waals surface area contributed by atoms with Crippen LogP contribution < -0.4 is 0 Å². The van der Waals surface area contributed by atoms with Crippen LogP contribution in [0.15, 0.2) is 36.5 Å². The van der Waals surface area contributed by atoms with E-state index in [2.05, 4.69) is 42.2 Å². The Labute approximate surface area is 108 Å². The second kappa shape index (κ2) is 3.57. The van der Waals surface area contributed by atoms with E-state index in [1.807, 2.05) is 6.20 Å². The molecular weight excluding hydrogens is 218 g/mol. The van der Waals surface area contributed by atoms with Crippen molar-refractivity contribution in [2.45, 2.75) is 38.5 Å². The van der Waals surface area contributed by atoms with Crippen molar-refractivity contribution in [1.82, 2.24) is 4.98 Å². The van der Waals surface area contributed by atoms with Crippen molar-refractivity contribution in [2.75, 3.05) is 0 Å². The number of hydrogen-bond donors (Lipinski definition) is 0. The standard InChI is InChI=1S/C17H19N/c1-12-8-17(9-12)10-13(11-17)14-6-7-18-16-5-3-2-4-15(14)16/h2-7,12-13H,8-11H2,1H3. The van der Waals surface area contributed by atoms with Gasteiger partial charge in [0.25, 0.3) is 0 Å². The second-order valence-electron chi connectivity index (χ2n) is 6.54. The zero-order valence-electron chi connectivity index (χ0n) is 10.9. The van der Waals surface area contributed by atoms with Crippen molar-refractivity contribution in [2.24, 2.45) is 11.3 Å². The van der Waals surface area contributed by atoms with E-state index >= 15 is 0 Å². The van der Waals surface area contributed by atoms with Gasteiger partial charge in [-0.15, -0.1) is 0 Å². The van der Waals surface area contributed by atoms with Gasteiger partial charge in [-0.3, -0.25) is 4.98 Å². The Balaban J connectivity index is 1.65. The first-order valence-corrected chi connectivity index (χ1v) is 7.09. The van der Waals surface area contributed by atoms with E-state index < -0.39 is 0 Å². The molecule has 1 aromatic heterocycles. The molecule has 1 heteroatoms. The normalized spacial score (nSPS) is 34.3. The highest BCUT2D eigenvalue weighted by molar-refractivity contribution is 5.82. The van der Waals surface area contributed by atoms with Gasteiger partial charge in [0.1, 0.15) is 0 Å². The fraction of sp³-hybridized carbons (Fsp3) is 0.471. The molecule has 0 unspecified atom stereocenters. The summed E-state index contributed by atoms with van der Waals surface area (Å²) in [4.78, 5) is 4.47. The molecule has 1 heterocycles. The van der Waals surface area contributed by atoms with Crippen LogP contribution in [-0.4, -0.2) is 4.98 Å². The highest BCUT2D eigenvalue weighted by Gasteiger charge is 2.51. The number of nitrogens with zero attached hydrogens (tertiary/aromatic N) is 1. The molecule has 1 aromatic carbocycles. The summed E-state index contributed by atoms with van der Waals surface area (Å²) >= 11 is 0. The summed E-state index contributed by atoms with van der Waals surface area (Å²) in [5.74, 6) is 1.76. The summed E-state index contributed by atoms with van der Waals surface area (Å²) in [6, 6.07) is 10.8. The van der Waals surface area contributed by atoms with Crippen molar-refractivity contribution in [3.63, 3.8) is 0 Å². The summed E-state index contributed by atoms with van der Waals surface area (Å²) in [7, 11) is 0. The van der Waals surface area contributed by atoms with E-state index in [1.54, 1.807) is 0 Å². The lowest BCUT2D eigenvalue weighted by molar-refractivity contribution is -0.0337. The van der Waals surface area contributed by atoms with Crippen LogP contribution in [0.5, 0.6) is 0 Å². The summed E-state index contributed by atoms with van der Waals surface area (Å²) in [6.45, 7) is 2.39. The topological polar surface area (TPSA) is 12.9 Å². The number of rotatable bonds is 1. The minimum Gasteiger partial charge on any atom is -0.256 e. The Bertz CT molecular complexity index is 582. The highest BCUT2D eigenvalue weighted by Crippen LogP contribution is 2.64. The maximum absolute atomic E-state index is 4.47. The van der Waals surface area contributed by atoms with Gasteiger partial charge >= 0.3 is 0 Å². The lowest BCUT2D eigenvalue weighted by Crippen LogP contribution is -2.45. The van der Waals surface area contributed by atoms with E-state index in [-0.39, 0.29) is 0 Å². The molecule has 0 N–H and O–H groups in total. The fourth-order valence-electron chi connectivity index (χ4n) is 4.43. The Kier molecular flexibility index (Phi) is 2.09. The highest BCUT2D eigenvalue weighted by atomic mass is 14.7. The van der Waals surface area contributed by atoms with Crippen molar-refractivity contribution in [1.29, 1.82) is 0 Å². The van der Waals surface area contributed by atoms with E-state index in [4.69, 9.17) is 0 Å². The van der Waals surface area contributed by atoms with E-state index in [0.29, 0.717) is 0 Å². The van der Waals surface area contributed by atoms with Crippen LogP contribution in [-0.2, 0) is 0 Å². The molecule has 92 valence electrons. The number of benzene rings is 1. The third kappa shape index (κ3) is 1.43. The summed E-state index contributed by atoms with van der Waals surface area (Å²) in [5, 5.41) is 1.37. The minimum absolute atomic E-state index is 0.731. The third-order valence-electron chi connectivity index (χ3n) is 5.04. The van der Waals surface area contributed by atoms with Crippen molar-refractivity contribution in [3.8, 4) is 0 Å². The van der Waals surface area contributed by atoms with Crippen molar-refractivity contribution in [3.05, 3.63) is 42.1 Å². The van der Waals surface area contributed by atoms with Crippen LogP contribution in [0.2, 0.25) is 0 Å². The molecule has 0 bridgehead atoms. The van der Waals surface area contributed by atoms with Gasteiger partial charge in [-0.1, -0.05) is 25.1 Å². The molecule has 0 aliphatic heterocycles. The Morgan fingerprint density at radius 2 is 1.83 bits per heavy atom. The molecule has 2 aliphatic rings. The molecule has 0 radical (unpaired) electrons. The van der Waals surface area contributed by atoms with Crippen molar-refractivity contribution >= 4 is 10.9 Å². The maximum atomic E-state index is 4.47. The monoisotopic (exact) mass is 237 g/mol. The van der Waals surface area contributed by atoms with Gasteiger partial charge in [0.15, 0.2) is 0 Å². The molecule has 2 aliphatic carbocycles. The van der Waals surface area contributed by atoms with Gasteiger partial charge in [0, 0.05) is 11.6 Å². The average molecular weight is 237 g/mol. The van der Waals surface area contributed by atoms with Gasteiger partial charge in [-0.05, 0) is 60.6 Å². The van der Waals surface area contributed by atoms with Crippen LogP contribution in [0, 0.1) is 11.3 Å². The smallest absolute Gasteiger partial charge is 0.0704 e. The van der Waals surface area contributed by atoms with Crippen LogP contribution >= 0.6 is 0 Å². The number of pyridine rings is 1. The van der Waals surface area contributed by atoms with Gasteiger partial charge in [-0.25, -0.2) is 0 Å². The number of aromatic nitrogens is 1. The molecule has 0 atom stereocenters. The van der Waals surface area contributed by atoms with Gasteiger partial charge in [0.05, 0.1) is 5.52 Å². The molecule has 4 rings (SSSR count). The summed E-state index contributed by atoms with van der Waals surface area (Å²) < 4.78 is 0. The average Bonchev–Trinajstić information content (AvgIpc) is 2.31. The zero-order chi connectivity index (χ0) is 12.2. The summed E-state index contributed by atoms with van der Waals surface area (Å²) in [6.07, 6.45) is 7.72. The van der Waals surface area contributed by atoms with E-state index in [9.17, 15) is 0 Å². The van der Waals surface area contributed by atoms with Gasteiger partial charge < -0.3 is 0 Å². The van der Waals surface area contributed by atoms with Crippen LogP contribution in [0.4, 0.5) is 0 Å². The molecule has 0 saturated heterocycles. The lowest BCUT2D eigenvalue weighted by Gasteiger charge is -2.57. The Morgan fingerprint density at radius 1 is 1.06 bits per heavy atom. The first kappa shape index (κ1) is 10.5. The minimum atomic E-state index is 0.731. The molecule has 1 spiro atoms.